The van der Waals surface area contributed by atoms with Crippen LogP contribution in [0.1, 0.15) is 15.9 Å². The van der Waals surface area contributed by atoms with E-state index in [-0.39, 0.29) is 11.8 Å². The number of fused-ring (bicyclic) bond motifs is 1. The average molecular weight is 335 g/mol. The number of rotatable bonds is 3. The summed E-state index contributed by atoms with van der Waals surface area (Å²) in [6, 6.07) is 11.7. The normalized spacial score (nSPS) is 20.3. The summed E-state index contributed by atoms with van der Waals surface area (Å²) in [5, 5.41) is 11.5. The Morgan fingerprint density at radius 1 is 1.20 bits per heavy atom. The first-order chi connectivity index (χ1) is 12.1. The summed E-state index contributed by atoms with van der Waals surface area (Å²) in [7, 11) is 1.97. The molecule has 3 heterocycles. The largest absolute Gasteiger partial charge is 0.391 e. The van der Waals surface area contributed by atoms with E-state index in [0.717, 1.165) is 22.9 Å². The number of β-amino-alcohol motifs (C(OH)–C–C–N with tert-alkyl or cyclic N) is 1. The number of pyridine rings is 1. The lowest BCUT2D eigenvalue weighted by atomic mass is 9.97. The van der Waals surface area contributed by atoms with Crippen LogP contribution in [0.2, 0.25) is 0 Å². The summed E-state index contributed by atoms with van der Waals surface area (Å²) in [5.74, 6) is 0.0458. The maximum Gasteiger partial charge on any atom is 0.254 e. The first-order valence-electron chi connectivity index (χ1n) is 8.53. The minimum atomic E-state index is -0.490. The molecule has 25 heavy (non-hydrogen) atoms. The van der Waals surface area contributed by atoms with Crippen molar-refractivity contribution in [1.82, 2.24) is 14.5 Å². The molecule has 1 fully saturated rings. The quantitative estimate of drug-likeness (QED) is 0.799. The van der Waals surface area contributed by atoms with Crippen molar-refractivity contribution < 1.29 is 9.90 Å². The minimum Gasteiger partial charge on any atom is -0.391 e. The zero-order chi connectivity index (χ0) is 17.4. The Bertz CT molecular complexity index is 904. The van der Waals surface area contributed by atoms with Crippen molar-refractivity contribution in [3.63, 3.8) is 0 Å². The van der Waals surface area contributed by atoms with Crippen molar-refractivity contribution in [2.75, 3.05) is 13.1 Å². The predicted molar refractivity (Wildman–Crippen MR) is 96.3 cm³/mol. The van der Waals surface area contributed by atoms with Crippen LogP contribution in [-0.2, 0) is 13.5 Å². The minimum absolute atomic E-state index is 0.0145. The number of carbonyl (C=O) groups excluding carboxylic acids is 1. The van der Waals surface area contributed by atoms with Crippen molar-refractivity contribution in [1.29, 1.82) is 0 Å². The maximum atomic E-state index is 12.9. The Kier molecular flexibility index (Phi) is 4.01. The summed E-state index contributed by atoms with van der Waals surface area (Å²) < 4.78 is 2.01. The van der Waals surface area contributed by atoms with Gasteiger partial charge in [0.15, 0.2) is 0 Å². The van der Waals surface area contributed by atoms with Gasteiger partial charge in [-0.25, -0.2) is 0 Å². The number of benzene rings is 1. The number of likely N-dealkylation sites (tertiary alicyclic amines) is 1. The molecule has 0 aliphatic carbocycles. The third kappa shape index (κ3) is 3.03. The summed E-state index contributed by atoms with van der Waals surface area (Å²) >= 11 is 0. The van der Waals surface area contributed by atoms with Gasteiger partial charge in [0, 0.05) is 55.7 Å². The van der Waals surface area contributed by atoms with Crippen molar-refractivity contribution in [3.05, 3.63) is 66.1 Å². The number of amides is 1. The van der Waals surface area contributed by atoms with E-state index in [1.165, 1.54) is 0 Å². The van der Waals surface area contributed by atoms with E-state index in [0.29, 0.717) is 18.7 Å². The summed E-state index contributed by atoms with van der Waals surface area (Å²) in [4.78, 5) is 18.6. The maximum absolute atomic E-state index is 12.9. The van der Waals surface area contributed by atoms with Crippen molar-refractivity contribution in [3.8, 4) is 0 Å². The van der Waals surface area contributed by atoms with Gasteiger partial charge in [-0.2, -0.15) is 0 Å². The Hall–Kier alpha value is -2.66. The van der Waals surface area contributed by atoms with Gasteiger partial charge in [-0.15, -0.1) is 0 Å². The second-order valence-electron chi connectivity index (χ2n) is 6.80. The molecule has 1 aliphatic rings. The molecule has 1 aromatic carbocycles. The van der Waals surface area contributed by atoms with E-state index < -0.39 is 6.10 Å². The van der Waals surface area contributed by atoms with Gasteiger partial charge in [0.2, 0.25) is 0 Å². The SMILES string of the molecule is Cn1ccc2ccc(C(=O)N3C[C@@H](Cc4ccncc4)[C@@H](O)C3)cc21. The summed E-state index contributed by atoms with van der Waals surface area (Å²) in [6.07, 6.45) is 5.77. The number of aliphatic hydroxyl groups is 1. The number of aliphatic hydroxyl groups excluding tert-OH is 1. The van der Waals surface area contributed by atoms with Crippen LogP contribution in [0.25, 0.3) is 10.9 Å². The highest BCUT2D eigenvalue weighted by Gasteiger charge is 2.34. The molecule has 5 heteroatoms. The van der Waals surface area contributed by atoms with Crippen molar-refractivity contribution in [2.45, 2.75) is 12.5 Å². The van der Waals surface area contributed by atoms with Crippen LogP contribution in [0.5, 0.6) is 0 Å². The smallest absolute Gasteiger partial charge is 0.254 e. The lowest BCUT2D eigenvalue weighted by molar-refractivity contribution is 0.0765. The van der Waals surface area contributed by atoms with E-state index in [4.69, 9.17) is 0 Å². The van der Waals surface area contributed by atoms with Crippen LogP contribution in [0.3, 0.4) is 0 Å². The molecule has 0 radical (unpaired) electrons. The number of nitrogens with zero attached hydrogens (tertiary/aromatic N) is 3. The number of hydrogen-bond acceptors (Lipinski definition) is 3. The molecule has 128 valence electrons. The zero-order valence-corrected chi connectivity index (χ0v) is 14.2. The van der Waals surface area contributed by atoms with Gasteiger partial charge in [-0.3, -0.25) is 9.78 Å². The van der Waals surface area contributed by atoms with E-state index in [9.17, 15) is 9.90 Å². The first-order valence-corrected chi connectivity index (χ1v) is 8.53. The highest BCUT2D eigenvalue weighted by atomic mass is 16.3. The standard InChI is InChI=1S/C20H21N3O2/c1-22-9-6-15-2-3-16(11-18(15)22)20(25)23-12-17(19(24)13-23)10-14-4-7-21-8-5-14/h2-9,11,17,19,24H,10,12-13H2,1H3/t17-,19+/m1/s1. The van der Waals surface area contributed by atoms with Crippen LogP contribution in [0.15, 0.2) is 55.0 Å². The molecular formula is C20H21N3O2. The Morgan fingerprint density at radius 2 is 2.00 bits per heavy atom. The van der Waals surface area contributed by atoms with E-state index >= 15 is 0 Å². The van der Waals surface area contributed by atoms with E-state index in [2.05, 4.69) is 4.98 Å². The highest BCUT2D eigenvalue weighted by Crippen LogP contribution is 2.24. The molecule has 0 spiro atoms. The first kappa shape index (κ1) is 15.8. The van der Waals surface area contributed by atoms with Crippen molar-refractivity contribution >= 4 is 16.8 Å². The zero-order valence-electron chi connectivity index (χ0n) is 14.2. The molecule has 0 unspecified atom stereocenters. The van der Waals surface area contributed by atoms with E-state index in [1.807, 2.05) is 54.2 Å². The molecule has 1 saturated heterocycles. The summed E-state index contributed by atoms with van der Waals surface area (Å²) in [6.45, 7) is 0.966. The van der Waals surface area contributed by atoms with Gasteiger partial charge in [0.1, 0.15) is 0 Å². The topological polar surface area (TPSA) is 58.4 Å². The molecule has 3 aromatic rings. The monoisotopic (exact) mass is 335 g/mol. The molecule has 1 amide bonds. The number of hydrogen-bond donors (Lipinski definition) is 1. The molecule has 4 rings (SSSR count). The molecule has 5 nitrogen and oxygen atoms in total. The van der Waals surface area contributed by atoms with Gasteiger partial charge < -0.3 is 14.6 Å². The number of aryl methyl sites for hydroxylation is 1. The third-order valence-corrected chi connectivity index (χ3v) is 5.08. The number of aromatic nitrogens is 2. The van der Waals surface area contributed by atoms with Crippen LogP contribution in [0, 0.1) is 5.92 Å². The lowest BCUT2D eigenvalue weighted by Crippen LogP contribution is -2.29. The fraction of sp³-hybridized carbons (Fsp3) is 0.300. The van der Waals surface area contributed by atoms with Crippen LogP contribution in [-0.4, -0.2) is 44.7 Å². The van der Waals surface area contributed by atoms with Crippen molar-refractivity contribution in [2.24, 2.45) is 13.0 Å². The summed E-state index contributed by atoms with van der Waals surface area (Å²) in [5.41, 5.74) is 2.85. The van der Waals surface area contributed by atoms with Gasteiger partial charge in [-0.1, -0.05) is 6.07 Å². The van der Waals surface area contributed by atoms with Gasteiger partial charge in [0.25, 0.3) is 5.91 Å². The highest BCUT2D eigenvalue weighted by molar-refractivity contribution is 5.98. The fourth-order valence-electron chi connectivity index (χ4n) is 3.62. The third-order valence-electron chi connectivity index (χ3n) is 5.08. The Labute approximate surface area is 146 Å². The Morgan fingerprint density at radius 3 is 2.80 bits per heavy atom. The second kappa shape index (κ2) is 6.33. The average Bonchev–Trinajstić information content (AvgIpc) is 3.18. The molecule has 0 saturated carbocycles. The van der Waals surface area contributed by atoms with Gasteiger partial charge in [-0.05, 0) is 47.7 Å². The molecule has 1 aliphatic heterocycles. The lowest BCUT2D eigenvalue weighted by Gasteiger charge is -2.16. The predicted octanol–water partition coefficient (Wildman–Crippen LogP) is 2.25. The molecular weight excluding hydrogens is 314 g/mol. The molecule has 0 bridgehead atoms. The van der Waals surface area contributed by atoms with Gasteiger partial charge >= 0.3 is 0 Å². The van der Waals surface area contributed by atoms with Gasteiger partial charge in [0.05, 0.1) is 6.10 Å². The van der Waals surface area contributed by atoms with Crippen LogP contribution in [0.4, 0.5) is 0 Å². The van der Waals surface area contributed by atoms with Crippen LogP contribution >= 0.6 is 0 Å². The Balaban J connectivity index is 1.51. The second-order valence-corrected chi connectivity index (χ2v) is 6.80. The molecule has 2 aromatic heterocycles. The van der Waals surface area contributed by atoms with Crippen LogP contribution < -0.4 is 0 Å². The molecule has 1 N–H and O–H groups in total. The fourth-order valence-corrected chi connectivity index (χ4v) is 3.62. The molecule has 2 atom stereocenters. The number of carbonyl (C=O) groups is 1. The van der Waals surface area contributed by atoms with E-state index in [1.54, 1.807) is 17.3 Å².